The van der Waals surface area contributed by atoms with Gasteiger partial charge in [0.2, 0.25) is 0 Å². The molecule has 0 aliphatic carbocycles. The number of pyridine rings is 2. The number of carboxylic acid groups (broad SMARTS) is 1. The van der Waals surface area contributed by atoms with Crippen molar-refractivity contribution in [2.75, 3.05) is 6.38 Å². The highest BCUT2D eigenvalue weighted by atomic mass is 35.5. The molecule has 3 heterocycles. The zero-order valence-electron chi connectivity index (χ0n) is 11.8. The van der Waals surface area contributed by atoms with Crippen LogP contribution in [-0.2, 0) is 11.3 Å². The molecule has 0 saturated heterocycles. The number of halogens is 1. The smallest absolute Gasteiger partial charge is 0.309 e. The molecule has 0 aliphatic rings. The summed E-state index contributed by atoms with van der Waals surface area (Å²) < 4.78 is 5.70. The average molecular weight is 338 g/mol. The van der Waals surface area contributed by atoms with Crippen molar-refractivity contribution in [3.8, 4) is 11.3 Å². The maximum atomic E-state index is 10.5. The molecule has 8 heteroatoms. The molecule has 0 fully saturated rings. The fourth-order valence-electron chi connectivity index (χ4n) is 1.84. The second kappa shape index (κ2) is 7.77. The second-order valence-electron chi connectivity index (χ2n) is 4.26. The van der Waals surface area contributed by atoms with Gasteiger partial charge in [0.25, 0.3) is 0 Å². The van der Waals surface area contributed by atoms with Gasteiger partial charge < -0.3 is 5.11 Å². The molecule has 3 rings (SSSR count). The number of aliphatic carboxylic acids is 1. The molecule has 0 saturated carbocycles. The molecular weight excluding hydrogens is 324 g/mol. The predicted octanol–water partition coefficient (Wildman–Crippen LogP) is 2.37. The largest absolute Gasteiger partial charge is 0.481 e. The summed E-state index contributed by atoms with van der Waals surface area (Å²) in [5.41, 5.74) is 2.63. The van der Waals surface area contributed by atoms with Crippen LogP contribution >= 0.6 is 23.1 Å². The molecule has 0 amide bonds. The summed E-state index contributed by atoms with van der Waals surface area (Å²) in [6.45, 7) is 0.459. The number of nitrogens with zero attached hydrogens (tertiary/aromatic N) is 4. The maximum Gasteiger partial charge on any atom is 0.309 e. The van der Waals surface area contributed by atoms with Crippen LogP contribution in [0.4, 0.5) is 0 Å². The summed E-state index contributed by atoms with van der Waals surface area (Å²) in [7, 11) is 0. The summed E-state index contributed by atoms with van der Waals surface area (Å²) in [6, 6.07) is 7.64. The number of alkyl halides is 1. The Morgan fingerprint density at radius 1 is 1.27 bits per heavy atom. The Balaban J connectivity index is 0.000000847. The lowest BCUT2D eigenvalue weighted by Gasteiger charge is -2.00. The van der Waals surface area contributed by atoms with E-state index in [2.05, 4.69) is 26.2 Å². The van der Waals surface area contributed by atoms with Crippen LogP contribution in [0.2, 0.25) is 0 Å². The van der Waals surface area contributed by atoms with E-state index in [4.69, 9.17) is 5.11 Å². The van der Waals surface area contributed by atoms with Crippen molar-refractivity contribution in [1.82, 2.24) is 14.6 Å². The first-order valence-corrected chi connectivity index (χ1v) is 7.93. The van der Waals surface area contributed by atoms with Crippen LogP contribution in [0.1, 0.15) is 6.42 Å². The van der Waals surface area contributed by atoms with E-state index in [-0.39, 0.29) is 6.42 Å². The topological polar surface area (TPSA) is 79.9 Å². The van der Waals surface area contributed by atoms with Crippen LogP contribution < -0.4 is 4.57 Å². The van der Waals surface area contributed by atoms with Gasteiger partial charge in [-0.3, -0.25) is 4.79 Å². The number of aryl methyl sites for hydroxylation is 1. The molecule has 0 spiro atoms. The summed E-state index contributed by atoms with van der Waals surface area (Å²) in [6.07, 6.45) is 5.30. The lowest BCUT2D eigenvalue weighted by atomic mass is 10.2. The third kappa shape index (κ3) is 3.96. The fourth-order valence-corrected chi connectivity index (χ4v) is 2.39. The minimum absolute atomic E-state index is 0.112. The number of hydrogen-bond donors (Lipinski definition) is 1. The number of fused-ring (bicyclic) bond motifs is 1. The highest BCUT2D eigenvalue weighted by Gasteiger charge is 2.08. The third-order valence-electron chi connectivity index (χ3n) is 2.89. The molecule has 114 valence electrons. The average Bonchev–Trinajstić information content (AvgIpc) is 3.03. The monoisotopic (exact) mass is 337 g/mol. The first kappa shape index (κ1) is 16.3. The molecule has 0 unspecified atom stereocenters. The maximum absolute atomic E-state index is 10.5. The van der Waals surface area contributed by atoms with Crippen molar-refractivity contribution in [3.05, 3.63) is 36.7 Å². The van der Waals surface area contributed by atoms with Crippen molar-refractivity contribution in [2.45, 2.75) is 13.0 Å². The SMILES string of the molecule is CCl.O=C(O)CC[n+]1ccc(-c2ccc3nnsc3n2)cc1. The summed E-state index contributed by atoms with van der Waals surface area (Å²) in [5, 5.41) is 12.6. The van der Waals surface area contributed by atoms with E-state index in [0.717, 1.165) is 21.6 Å². The van der Waals surface area contributed by atoms with Gasteiger partial charge in [-0.1, -0.05) is 4.49 Å². The van der Waals surface area contributed by atoms with Crippen molar-refractivity contribution < 1.29 is 14.5 Å². The lowest BCUT2D eigenvalue weighted by Crippen LogP contribution is -2.33. The number of hydrogen-bond acceptors (Lipinski definition) is 5. The Labute approximate surface area is 136 Å². The zero-order valence-corrected chi connectivity index (χ0v) is 13.4. The van der Waals surface area contributed by atoms with Crippen molar-refractivity contribution in [3.63, 3.8) is 0 Å². The van der Waals surface area contributed by atoms with Gasteiger partial charge in [-0.25, -0.2) is 9.55 Å². The van der Waals surface area contributed by atoms with Crippen molar-refractivity contribution in [2.24, 2.45) is 0 Å². The van der Waals surface area contributed by atoms with E-state index in [9.17, 15) is 4.79 Å². The number of rotatable bonds is 4. The fraction of sp³-hybridized carbons (Fsp3) is 0.214. The Kier molecular flexibility index (Phi) is 5.74. The van der Waals surface area contributed by atoms with E-state index in [0.29, 0.717) is 6.54 Å². The first-order chi connectivity index (χ1) is 10.7. The van der Waals surface area contributed by atoms with E-state index >= 15 is 0 Å². The molecule has 6 nitrogen and oxygen atoms in total. The molecule has 1 N–H and O–H groups in total. The highest BCUT2D eigenvalue weighted by Crippen LogP contribution is 2.20. The Morgan fingerprint density at radius 2 is 2.00 bits per heavy atom. The molecule has 0 aliphatic heterocycles. The highest BCUT2D eigenvalue weighted by molar-refractivity contribution is 7.12. The van der Waals surface area contributed by atoms with Gasteiger partial charge in [0.05, 0.1) is 5.69 Å². The molecule has 22 heavy (non-hydrogen) atoms. The summed E-state index contributed by atoms with van der Waals surface area (Å²) >= 11 is 5.91. The van der Waals surface area contributed by atoms with E-state index in [1.807, 2.05) is 41.2 Å². The van der Waals surface area contributed by atoms with Crippen LogP contribution in [0.25, 0.3) is 21.6 Å². The van der Waals surface area contributed by atoms with Gasteiger partial charge in [0.1, 0.15) is 11.9 Å². The van der Waals surface area contributed by atoms with Gasteiger partial charge in [-0.2, -0.15) is 0 Å². The number of carbonyl (C=O) groups is 1. The van der Waals surface area contributed by atoms with E-state index in [1.54, 1.807) is 0 Å². The van der Waals surface area contributed by atoms with Gasteiger partial charge in [0.15, 0.2) is 23.8 Å². The Morgan fingerprint density at radius 3 is 2.68 bits per heavy atom. The van der Waals surface area contributed by atoms with Crippen LogP contribution in [0.15, 0.2) is 36.7 Å². The minimum Gasteiger partial charge on any atom is -0.481 e. The van der Waals surface area contributed by atoms with Crippen LogP contribution in [0, 0.1) is 0 Å². The normalized spacial score (nSPS) is 10.1. The lowest BCUT2D eigenvalue weighted by molar-refractivity contribution is -0.695. The van der Waals surface area contributed by atoms with Crippen LogP contribution in [0.3, 0.4) is 0 Å². The van der Waals surface area contributed by atoms with Gasteiger partial charge >= 0.3 is 5.97 Å². The standard InChI is InChI=1S/C13H10N4O2S.CH3Cl/c18-12(19)5-8-17-6-3-9(4-7-17)10-1-2-11-13(14-10)20-16-15-11;1-2/h1-4,6-7H,5,8H2;1H3/p+1. The molecular formula is C14H14ClN4O2S+. The van der Waals surface area contributed by atoms with Crippen molar-refractivity contribution >= 4 is 39.4 Å². The van der Waals surface area contributed by atoms with Crippen molar-refractivity contribution in [1.29, 1.82) is 0 Å². The Bertz CT molecular complexity index is 761. The van der Waals surface area contributed by atoms with Gasteiger partial charge in [-0.05, 0) is 12.1 Å². The quantitative estimate of drug-likeness (QED) is 0.584. The summed E-state index contributed by atoms with van der Waals surface area (Å²) in [5.74, 6) is -0.800. The van der Waals surface area contributed by atoms with Crippen LogP contribution in [0.5, 0.6) is 0 Å². The first-order valence-electron chi connectivity index (χ1n) is 6.40. The molecule has 3 aromatic rings. The van der Waals surface area contributed by atoms with Gasteiger partial charge in [-0.15, -0.1) is 16.7 Å². The molecule has 0 aromatic carbocycles. The molecule has 0 atom stereocenters. The number of carboxylic acids is 1. The van der Waals surface area contributed by atoms with Gasteiger partial charge in [0, 0.05) is 35.6 Å². The molecule has 0 radical (unpaired) electrons. The van der Waals surface area contributed by atoms with Crippen LogP contribution in [-0.4, -0.2) is 32.0 Å². The van der Waals surface area contributed by atoms with E-state index in [1.165, 1.54) is 17.9 Å². The predicted molar refractivity (Wildman–Crippen MR) is 84.9 cm³/mol. The summed E-state index contributed by atoms with van der Waals surface area (Å²) in [4.78, 5) is 15.8. The molecule has 3 aromatic heterocycles. The second-order valence-corrected chi connectivity index (χ2v) is 4.99. The minimum atomic E-state index is -0.800. The number of aromatic nitrogens is 4. The zero-order chi connectivity index (χ0) is 15.9. The van der Waals surface area contributed by atoms with E-state index < -0.39 is 5.97 Å². The molecule has 0 bridgehead atoms. The Hall–Kier alpha value is -2.12. The third-order valence-corrected chi connectivity index (χ3v) is 3.52.